The molecule has 0 aromatic heterocycles. The lowest BCUT2D eigenvalue weighted by atomic mass is 10.0. The predicted molar refractivity (Wildman–Crippen MR) is 124 cm³/mol. The summed E-state index contributed by atoms with van der Waals surface area (Å²) in [6, 6.07) is -0.522. The van der Waals surface area contributed by atoms with Gasteiger partial charge in [-0.3, -0.25) is 4.79 Å². The van der Waals surface area contributed by atoms with Crippen LogP contribution in [0, 0.1) is 0 Å². The van der Waals surface area contributed by atoms with Crippen LogP contribution in [0.2, 0.25) is 0 Å². The van der Waals surface area contributed by atoms with E-state index in [1.807, 2.05) is 0 Å². The van der Waals surface area contributed by atoms with Gasteiger partial charge in [0.15, 0.2) is 0 Å². The van der Waals surface area contributed by atoms with Crippen molar-refractivity contribution in [2.45, 2.75) is 148 Å². The van der Waals surface area contributed by atoms with E-state index < -0.39 is 12.1 Å². The summed E-state index contributed by atoms with van der Waals surface area (Å²) in [5.74, 6) is -0.0396. The van der Waals surface area contributed by atoms with Gasteiger partial charge < -0.3 is 15.5 Å². The fraction of sp³-hybridized carbons (Fsp3) is 0.960. The number of hydrogen-bond donors (Lipinski definition) is 3. The van der Waals surface area contributed by atoms with Gasteiger partial charge in [-0.05, 0) is 12.8 Å². The van der Waals surface area contributed by atoms with E-state index in [0.717, 1.165) is 25.7 Å². The Kier molecular flexibility index (Phi) is 21.6. The van der Waals surface area contributed by atoms with Gasteiger partial charge in [-0.2, -0.15) is 0 Å². The van der Waals surface area contributed by atoms with Gasteiger partial charge in [0.05, 0.1) is 18.8 Å². The van der Waals surface area contributed by atoms with Gasteiger partial charge in [0.25, 0.3) is 0 Å². The minimum absolute atomic E-state index is 0.0396. The molecule has 0 aliphatic heterocycles. The standard InChI is InChI=1S/C25H51NO3/c1-3-5-7-9-11-12-13-15-17-19-21-25(29)26-23(22-27)24(28)20-18-16-14-10-8-6-4-2/h23-24,27-28H,3-22H2,1-2H3,(H,26,29). The first-order chi connectivity index (χ1) is 14.2. The molecular weight excluding hydrogens is 362 g/mol. The number of aliphatic hydroxyl groups excluding tert-OH is 2. The molecule has 3 N–H and O–H groups in total. The molecule has 0 radical (unpaired) electrons. The van der Waals surface area contributed by atoms with E-state index in [9.17, 15) is 15.0 Å². The molecule has 0 fully saturated rings. The Morgan fingerprint density at radius 1 is 0.690 bits per heavy atom. The largest absolute Gasteiger partial charge is 0.394 e. The van der Waals surface area contributed by atoms with Crippen LogP contribution in [0.25, 0.3) is 0 Å². The molecule has 4 nitrogen and oxygen atoms in total. The smallest absolute Gasteiger partial charge is 0.220 e. The van der Waals surface area contributed by atoms with Crippen molar-refractivity contribution in [1.82, 2.24) is 5.32 Å². The molecule has 0 spiro atoms. The highest BCUT2D eigenvalue weighted by atomic mass is 16.3. The van der Waals surface area contributed by atoms with Crippen molar-refractivity contribution in [3.05, 3.63) is 0 Å². The zero-order valence-corrected chi connectivity index (χ0v) is 19.6. The summed E-state index contributed by atoms with van der Waals surface area (Å²) >= 11 is 0. The third-order valence-electron chi connectivity index (χ3n) is 5.87. The first-order valence-electron chi connectivity index (χ1n) is 12.7. The van der Waals surface area contributed by atoms with E-state index >= 15 is 0 Å². The quantitative estimate of drug-likeness (QED) is 0.183. The number of carbonyl (C=O) groups excluding carboxylic acids is 1. The highest BCUT2D eigenvalue weighted by Crippen LogP contribution is 2.13. The molecule has 29 heavy (non-hydrogen) atoms. The van der Waals surface area contributed by atoms with Crippen molar-refractivity contribution in [2.75, 3.05) is 6.61 Å². The van der Waals surface area contributed by atoms with Gasteiger partial charge in [-0.15, -0.1) is 0 Å². The van der Waals surface area contributed by atoms with E-state index in [0.29, 0.717) is 12.8 Å². The Labute approximate surface area is 181 Å². The average Bonchev–Trinajstić information content (AvgIpc) is 2.72. The lowest BCUT2D eigenvalue weighted by Gasteiger charge is -2.22. The molecule has 2 atom stereocenters. The molecule has 0 saturated heterocycles. The van der Waals surface area contributed by atoms with Gasteiger partial charge in [0.1, 0.15) is 0 Å². The van der Waals surface area contributed by atoms with Crippen molar-refractivity contribution in [3.63, 3.8) is 0 Å². The molecule has 0 aromatic carbocycles. The van der Waals surface area contributed by atoms with Crippen molar-refractivity contribution in [3.8, 4) is 0 Å². The van der Waals surface area contributed by atoms with Crippen molar-refractivity contribution < 1.29 is 15.0 Å². The summed E-state index contributed by atoms with van der Waals surface area (Å²) in [7, 11) is 0. The molecule has 0 aliphatic rings. The normalized spacial score (nSPS) is 13.4. The Bertz CT molecular complexity index is 349. The maximum atomic E-state index is 12.1. The maximum absolute atomic E-state index is 12.1. The van der Waals surface area contributed by atoms with Crippen molar-refractivity contribution in [2.24, 2.45) is 0 Å². The number of aliphatic hydroxyl groups is 2. The molecule has 0 heterocycles. The van der Waals surface area contributed by atoms with Crippen LogP contribution in [0.5, 0.6) is 0 Å². The fourth-order valence-corrected chi connectivity index (χ4v) is 3.83. The summed E-state index contributed by atoms with van der Waals surface area (Å²) in [6.07, 6.45) is 21.4. The molecule has 4 heteroatoms. The van der Waals surface area contributed by atoms with Crippen LogP contribution in [0.4, 0.5) is 0 Å². The third kappa shape index (κ3) is 19.1. The van der Waals surface area contributed by atoms with Crippen LogP contribution in [0.1, 0.15) is 136 Å². The Morgan fingerprint density at radius 3 is 1.55 bits per heavy atom. The molecule has 2 unspecified atom stereocenters. The van der Waals surface area contributed by atoms with Crippen molar-refractivity contribution in [1.29, 1.82) is 0 Å². The number of unbranched alkanes of at least 4 members (excludes halogenated alkanes) is 15. The molecular formula is C25H51NO3. The highest BCUT2D eigenvalue weighted by Gasteiger charge is 2.19. The van der Waals surface area contributed by atoms with E-state index in [1.54, 1.807) is 0 Å². The molecule has 0 aromatic rings. The summed E-state index contributed by atoms with van der Waals surface area (Å²) in [4.78, 5) is 12.1. The van der Waals surface area contributed by atoms with Crippen molar-refractivity contribution >= 4 is 5.91 Å². The van der Waals surface area contributed by atoms with E-state index in [4.69, 9.17) is 0 Å². The summed E-state index contributed by atoms with van der Waals surface area (Å²) in [5, 5.41) is 22.6. The lowest BCUT2D eigenvalue weighted by Crippen LogP contribution is -2.45. The van der Waals surface area contributed by atoms with Gasteiger partial charge in [0, 0.05) is 6.42 Å². The molecule has 0 rings (SSSR count). The molecule has 0 bridgehead atoms. The van der Waals surface area contributed by atoms with Gasteiger partial charge in [-0.25, -0.2) is 0 Å². The SMILES string of the molecule is CCCCCCCCCCCCC(=O)NC(CO)C(O)CCCCCCCCC. The second-order valence-corrected chi connectivity index (χ2v) is 8.77. The minimum Gasteiger partial charge on any atom is -0.394 e. The van der Waals surface area contributed by atoms with Crippen LogP contribution >= 0.6 is 0 Å². The Hall–Kier alpha value is -0.610. The van der Waals surface area contributed by atoms with Crippen LogP contribution in [-0.2, 0) is 4.79 Å². The number of hydrogen-bond acceptors (Lipinski definition) is 3. The van der Waals surface area contributed by atoms with Gasteiger partial charge in [-0.1, -0.05) is 117 Å². The van der Waals surface area contributed by atoms with Gasteiger partial charge >= 0.3 is 0 Å². The Morgan fingerprint density at radius 2 is 1.10 bits per heavy atom. The first-order valence-corrected chi connectivity index (χ1v) is 12.7. The highest BCUT2D eigenvalue weighted by molar-refractivity contribution is 5.76. The van der Waals surface area contributed by atoms with Crippen LogP contribution in [0.3, 0.4) is 0 Å². The second-order valence-electron chi connectivity index (χ2n) is 8.77. The van der Waals surface area contributed by atoms with E-state index in [-0.39, 0.29) is 12.5 Å². The molecule has 0 saturated carbocycles. The molecule has 0 aliphatic carbocycles. The van der Waals surface area contributed by atoms with Crippen LogP contribution in [0.15, 0.2) is 0 Å². The average molecular weight is 414 g/mol. The zero-order valence-electron chi connectivity index (χ0n) is 19.6. The van der Waals surface area contributed by atoms with Crippen LogP contribution in [-0.4, -0.2) is 34.9 Å². The predicted octanol–water partition coefficient (Wildman–Crippen LogP) is 6.28. The third-order valence-corrected chi connectivity index (χ3v) is 5.87. The molecule has 174 valence electrons. The monoisotopic (exact) mass is 413 g/mol. The minimum atomic E-state index is -0.646. The summed E-state index contributed by atoms with van der Waals surface area (Å²) in [5.41, 5.74) is 0. The maximum Gasteiger partial charge on any atom is 0.220 e. The van der Waals surface area contributed by atoms with E-state index in [2.05, 4.69) is 19.2 Å². The van der Waals surface area contributed by atoms with Gasteiger partial charge in [0.2, 0.25) is 5.91 Å². The zero-order chi connectivity index (χ0) is 21.6. The number of amides is 1. The topological polar surface area (TPSA) is 69.6 Å². The first kappa shape index (κ1) is 28.4. The molecule has 1 amide bonds. The number of carbonyl (C=O) groups is 1. The van der Waals surface area contributed by atoms with Crippen LogP contribution < -0.4 is 5.32 Å². The Balaban J connectivity index is 3.64. The number of nitrogens with one attached hydrogen (secondary N) is 1. The summed E-state index contributed by atoms with van der Waals surface area (Å²) < 4.78 is 0. The second kappa shape index (κ2) is 22.1. The summed E-state index contributed by atoms with van der Waals surface area (Å²) in [6.45, 7) is 4.27. The lowest BCUT2D eigenvalue weighted by molar-refractivity contribution is -0.123. The fourth-order valence-electron chi connectivity index (χ4n) is 3.83. The van der Waals surface area contributed by atoms with E-state index in [1.165, 1.54) is 83.5 Å². The number of rotatable bonds is 22.